The average molecular weight is 238 g/mol. The highest BCUT2D eigenvalue weighted by Crippen LogP contribution is 2.33. The van der Waals surface area contributed by atoms with Crippen molar-refractivity contribution in [1.29, 1.82) is 0 Å². The van der Waals surface area contributed by atoms with Crippen LogP contribution in [0.15, 0.2) is 0 Å². The van der Waals surface area contributed by atoms with Gasteiger partial charge < -0.3 is 10.5 Å². The van der Waals surface area contributed by atoms with Gasteiger partial charge in [-0.05, 0) is 25.7 Å². The molecule has 0 amide bonds. The summed E-state index contributed by atoms with van der Waals surface area (Å²) in [5.41, 5.74) is 6.35. The number of ether oxygens (including phenoxy) is 1. The van der Waals surface area contributed by atoms with Crippen LogP contribution in [-0.4, -0.2) is 42.3 Å². The van der Waals surface area contributed by atoms with Gasteiger partial charge in [0.25, 0.3) is 0 Å². The third kappa shape index (κ3) is 2.38. The van der Waals surface area contributed by atoms with E-state index in [1.165, 1.54) is 51.4 Å². The molecule has 1 heterocycles. The lowest BCUT2D eigenvalue weighted by Crippen LogP contribution is -2.61. The number of hydrogen-bond donors (Lipinski definition) is 1. The Bertz CT molecular complexity index is 251. The second-order valence-corrected chi connectivity index (χ2v) is 6.01. The minimum absolute atomic E-state index is 0.407. The lowest BCUT2D eigenvalue weighted by molar-refractivity contribution is -0.109. The largest absolute Gasteiger partial charge is 0.375 e. The molecule has 3 aliphatic rings. The summed E-state index contributed by atoms with van der Waals surface area (Å²) >= 11 is 0. The molecule has 0 aromatic heterocycles. The zero-order valence-corrected chi connectivity index (χ0v) is 10.8. The fourth-order valence-electron chi connectivity index (χ4n) is 4.09. The van der Waals surface area contributed by atoms with Crippen LogP contribution in [0.25, 0.3) is 0 Å². The minimum atomic E-state index is 0.407. The molecule has 2 N–H and O–H groups in total. The number of nitrogens with zero attached hydrogens (tertiary/aromatic N) is 1. The zero-order valence-electron chi connectivity index (χ0n) is 10.8. The molecule has 17 heavy (non-hydrogen) atoms. The normalized spacial score (nSPS) is 44.3. The lowest BCUT2D eigenvalue weighted by Gasteiger charge is -2.49. The van der Waals surface area contributed by atoms with Gasteiger partial charge >= 0.3 is 0 Å². The van der Waals surface area contributed by atoms with Gasteiger partial charge in [-0.15, -0.1) is 0 Å². The Morgan fingerprint density at radius 1 is 0.882 bits per heavy atom. The van der Waals surface area contributed by atoms with Crippen molar-refractivity contribution < 1.29 is 4.74 Å². The van der Waals surface area contributed by atoms with E-state index in [4.69, 9.17) is 10.5 Å². The van der Waals surface area contributed by atoms with E-state index in [-0.39, 0.29) is 0 Å². The monoisotopic (exact) mass is 238 g/mol. The molecule has 0 spiro atoms. The fraction of sp³-hybridized carbons (Fsp3) is 1.00. The van der Waals surface area contributed by atoms with Crippen molar-refractivity contribution in [1.82, 2.24) is 4.90 Å². The second kappa shape index (κ2) is 5.25. The molecule has 2 aliphatic carbocycles. The molecule has 4 atom stereocenters. The van der Waals surface area contributed by atoms with Gasteiger partial charge in [0.05, 0.1) is 12.7 Å². The van der Waals surface area contributed by atoms with Crippen molar-refractivity contribution in [3.63, 3.8) is 0 Å². The van der Waals surface area contributed by atoms with Crippen LogP contribution in [0.2, 0.25) is 0 Å². The molecule has 1 aliphatic heterocycles. The molecule has 3 heteroatoms. The Morgan fingerprint density at radius 2 is 1.59 bits per heavy atom. The van der Waals surface area contributed by atoms with E-state index in [2.05, 4.69) is 4.90 Å². The average Bonchev–Trinajstić information content (AvgIpc) is 2.39. The first-order valence-corrected chi connectivity index (χ1v) is 7.49. The highest BCUT2D eigenvalue weighted by molar-refractivity contribution is 4.95. The van der Waals surface area contributed by atoms with Gasteiger partial charge in [-0.25, -0.2) is 0 Å². The molecule has 0 aromatic rings. The lowest BCUT2D eigenvalue weighted by atomic mass is 9.84. The standard InChI is InChI=1S/C14H26N2O/c15-11-5-1-2-6-12(11)16-9-10-17-14-8-4-3-7-13(14)16/h11-14H,1-10,15H2. The Balaban J connectivity index is 1.71. The van der Waals surface area contributed by atoms with E-state index in [0.717, 1.165) is 13.2 Å². The summed E-state index contributed by atoms with van der Waals surface area (Å²) in [6, 6.07) is 1.72. The molecular formula is C14H26N2O. The predicted octanol–water partition coefficient (Wildman–Crippen LogP) is 1.90. The van der Waals surface area contributed by atoms with Crippen molar-refractivity contribution in [2.24, 2.45) is 5.73 Å². The summed E-state index contributed by atoms with van der Waals surface area (Å²) in [5, 5.41) is 0. The molecule has 3 fully saturated rings. The highest BCUT2D eigenvalue weighted by Gasteiger charge is 2.39. The maximum atomic E-state index is 6.35. The predicted molar refractivity (Wildman–Crippen MR) is 68.9 cm³/mol. The molecule has 2 saturated carbocycles. The molecule has 98 valence electrons. The van der Waals surface area contributed by atoms with Gasteiger partial charge in [0.1, 0.15) is 0 Å². The first-order valence-electron chi connectivity index (χ1n) is 7.49. The van der Waals surface area contributed by atoms with Crippen LogP contribution < -0.4 is 5.73 Å². The summed E-state index contributed by atoms with van der Waals surface area (Å²) in [6.45, 7) is 2.03. The molecule has 0 radical (unpaired) electrons. The van der Waals surface area contributed by atoms with Crippen molar-refractivity contribution in [2.75, 3.05) is 13.2 Å². The van der Waals surface area contributed by atoms with Crippen molar-refractivity contribution >= 4 is 0 Å². The van der Waals surface area contributed by atoms with Gasteiger partial charge in [-0.3, -0.25) is 4.90 Å². The van der Waals surface area contributed by atoms with Crippen molar-refractivity contribution in [2.45, 2.75) is 75.6 Å². The van der Waals surface area contributed by atoms with Crippen LogP contribution in [0.1, 0.15) is 51.4 Å². The summed E-state index contributed by atoms with van der Waals surface area (Å²) in [7, 11) is 0. The van der Waals surface area contributed by atoms with Crippen LogP contribution in [0.3, 0.4) is 0 Å². The van der Waals surface area contributed by atoms with Crippen LogP contribution in [0.5, 0.6) is 0 Å². The smallest absolute Gasteiger partial charge is 0.0731 e. The summed E-state index contributed by atoms with van der Waals surface area (Å²) in [5.74, 6) is 0. The SMILES string of the molecule is NC1CCCCC1N1CCOC2CCCCC21. The van der Waals surface area contributed by atoms with E-state index in [1.54, 1.807) is 0 Å². The number of nitrogens with two attached hydrogens (primary N) is 1. The van der Waals surface area contributed by atoms with Crippen LogP contribution in [-0.2, 0) is 4.74 Å². The number of hydrogen-bond acceptors (Lipinski definition) is 3. The van der Waals surface area contributed by atoms with Crippen molar-refractivity contribution in [3.8, 4) is 0 Å². The van der Waals surface area contributed by atoms with Gasteiger partial charge in [0, 0.05) is 24.7 Å². The molecule has 0 bridgehead atoms. The van der Waals surface area contributed by atoms with Gasteiger partial charge in [0.2, 0.25) is 0 Å². The summed E-state index contributed by atoms with van der Waals surface area (Å²) in [4.78, 5) is 2.72. The molecule has 4 unspecified atom stereocenters. The van der Waals surface area contributed by atoms with Crippen molar-refractivity contribution in [3.05, 3.63) is 0 Å². The topological polar surface area (TPSA) is 38.5 Å². The third-order valence-corrected chi connectivity index (χ3v) is 4.98. The maximum absolute atomic E-state index is 6.35. The second-order valence-electron chi connectivity index (χ2n) is 6.01. The Hall–Kier alpha value is -0.120. The zero-order chi connectivity index (χ0) is 11.7. The maximum Gasteiger partial charge on any atom is 0.0731 e. The van der Waals surface area contributed by atoms with E-state index < -0.39 is 0 Å². The minimum Gasteiger partial charge on any atom is -0.375 e. The van der Waals surface area contributed by atoms with Crippen LogP contribution >= 0.6 is 0 Å². The van der Waals surface area contributed by atoms with Gasteiger partial charge in [-0.1, -0.05) is 25.7 Å². The van der Waals surface area contributed by atoms with Gasteiger partial charge in [-0.2, -0.15) is 0 Å². The Kier molecular flexibility index (Phi) is 3.69. The first kappa shape index (κ1) is 11.9. The highest BCUT2D eigenvalue weighted by atomic mass is 16.5. The molecule has 0 aromatic carbocycles. The van der Waals surface area contributed by atoms with E-state index in [0.29, 0.717) is 24.2 Å². The van der Waals surface area contributed by atoms with E-state index in [9.17, 15) is 0 Å². The number of rotatable bonds is 1. The Morgan fingerprint density at radius 3 is 2.41 bits per heavy atom. The molecule has 3 rings (SSSR count). The summed E-state index contributed by atoms with van der Waals surface area (Å²) in [6.07, 6.45) is 11.1. The van der Waals surface area contributed by atoms with Gasteiger partial charge in [0.15, 0.2) is 0 Å². The number of fused-ring (bicyclic) bond motifs is 1. The quantitative estimate of drug-likeness (QED) is 0.758. The summed E-state index contributed by atoms with van der Waals surface area (Å²) < 4.78 is 5.96. The van der Waals surface area contributed by atoms with Crippen LogP contribution in [0.4, 0.5) is 0 Å². The van der Waals surface area contributed by atoms with Crippen LogP contribution in [0, 0.1) is 0 Å². The van der Waals surface area contributed by atoms with E-state index >= 15 is 0 Å². The van der Waals surface area contributed by atoms with E-state index in [1.807, 2.05) is 0 Å². The third-order valence-electron chi connectivity index (χ3n) is 4.98. The Labute approximate surface area is 105 Å². The molecule has 1 saturated heterocycles. The fourth-order valence-corrected chi connectivity index (χ4v) is 4.09. The number of morpholine rings is 1. The molecule has 3 nitrogen and oxygen atoms in total. The first-order chi connectivity index (χ1) is 8.36. The molecular weight excluding hydrogens is 212 g/mol.